The van der Waals surface area contributed by atoms with Crippen molar-refractivity contribution in [1.29, 1.82) is 5.26 Å². The fraction of sp³-hybridized carbons (Fsp3) is 0.316. The Labute approximate surface area is 146 Å². The van der Waals surface area contributed by atoms with Crippen LogP contribution in [0.4, 0.5) is 0 Å². The molecule has 1 heterocycles. The van der Waals surface area contributed by atoms with Crippen molar-refractivity contribution in [1.82, 2.24) is 4.90 Å². The fourth-order valence-electron chi connectivity index (χ4n) is 3.68. The molecule has 0 fully saturated rings. The number of benzene rings is 1. The summed E-state index contributed by atoms with van der Waals surface area (Å²) < 4.78 is 0. The number of halogens is 1. The van der Waals surface area contributed by atoms with Crippen molar-refractivity contribution in [2.24, 2.45) is 5.41 Å². The standard InChI is InChI=1S/C19H17ClN2O2/c1-18(2)15-8-9-22(3)17(24)19(15,10-12(11-21)16(18)23)13-4-6-14(20)7-5-13/h4-8,10H,9H2,1-3H3/t19-/m0/s1. The highest BCUT2D eigenvalue weighted by molar-refractivity contribution is 6.30. The van der Waals surface area contributed by atoms with Gasteiger partial charge in [-0.1, -0.05) is 29.8 Å². The van der Waals surface area contributed by atoms with Crippen molar-refractivity contribution < 1.29 is 9.59 Å². The Morgan fingerprint density at radius 3 is 2.42 bits per heavy atom. The van der Waals surface area contributed by atoms with Crippen LogP contribution in [-0.4, -0.2) is 30.2 Å². The molecule has 122 valence electrons. The monoisotopic (exact) mass is 340 g/mol. The van der Waals surface area contributed by atoms with Crippen molar-refractivity contribution in [3.8, 4) is 6.07 Å². The molecular weight excluding hydrogens is 324 g/mol. The van der Waals surface area contributed by atoms with Crippen LogP contribution >= 0.6 is 11.6 Å². The summed E-state index contributed by atoms with van der Waals surface area (Å²) in [4.78, 5) is 27.5. The Hall–Kier alpha value is -2.38. The quantitative estimate of drug-likeness (QED) is 0.738. The van der Waals surface area contributed by atoms with E-state index in [1.54, 1.807) is 50.1 Å². The van der Waals surface area contributed by atoms with Gasteiger partial charge in [0.1, 0.15) is 11.5 Å². The molecule has 1 aromatic rings. The van der Waals surface area contributed by atoms with Crippen LogP contribution in [0.15, 0.2) is 47.6 Å². The van der Waals surface area contributed by atoms with Gasteiger partial charge in [0.15, 0.2) is 5.78 Å². The smallest absolute Gasteiger partial charge is 0.241 e. The van der Waals surface area contributed by atoms with E-state index in [9.17, 15) is 14.9 Å². The predicted molar refractivity (Wildman–Crippen MR) is 91.3 cm³/mol. The second kappa shape index (κ2) is 5.32. The van der Waals surface area contributed by atoms with Crippen LogP contribution in [0.3, 0.4) is 0 Å². The number of likely N-dealkylation sites (N-methyl/N-ethyl adjacent to an activating group) is 1. The number of nitriles is 1. The van der Waals surface area contributed by atoms with E-state index in [0.717, 1.165) is 5.57 Å². The molecule has 0 bridgehead atoms. The van der Waals surface area contributed by atoms with Crippen molar-refractivity contribution in [2.45, 2.75) is 19.3 Å². The lowest BCUT2D eigenvalue weighted by atomic mass is 9.56. The molecule has 0 aromatic heterocycles. The molecule has 0 spiro atoms. The summed E-state index contributed by atoms with van der Waals surface area (Å²) in [5.74, 6) is -0.395. The summed E-state index contributed by atoms with van der Waals surface area (Å²) in [5, 5.41) is 10.00. The number of ketones is 1. The largest absolute Gasteiger partial charge is 0.341 e. The lowest BCUT2D eigenvalue weighted by Gasteiger charge is -2.47. The van der Waals surface area contributed by atoms with Gasteiger partial charge in [0.05, 0.1) is 11.0 Å². The van der Waals surface area contributed by atoms with Crippen LogP contribution in [0.2, 0.25) is 5.02 Å². The third kappa shape index (κ3) is 2.05. The maximum Gasteiger partial charge on any atom is 0.241 e. The van der Waals surface area contributed by atoms with Crippen LogP contribution in [0, 0.1) is 16.7 Å². The first kappa shape index (κ1) is 16.5. The molecule has 1 amide bonds. The molecule has 0 N–H and O–H groups in total. The number of Topliss-reactive ketones (excluding diaryl/α,β-unsaturated/α-hetero) is 1. The van der Waals surface area contributed by atoms with Crippen molar-refractivity contribution in [3.05, 3.63) is 58.1 Å². The molecule has 0 unspecified atom stereocenters. The molecule has 0 saturated heterocycles. The number of hydrogen-bond acceptors (Lipinski definition) is 3. The molecule has 3 rings (SSSR count). The van der Waals surface area contributed by atoms with E-state index >= 15 is 0 Å². The Bertz CT molecular complexity index is 843. The van der Waals surface area contributed by atoms with Gasteiger partial charge in [-0.25, -0.2) is 0 Å². The van der Waals surface area contributed by atoms with Gasteiger partial charge in [0, 0.05) is 18.6 Å². The third-order valence-corrected chi connectivity index (χ3v) is 5.20. The molecule has 0 radical (unpaired) electrons. The number of allylic oxidation sites excluding steroid dienone is 1. The van der Waals surface area contributed by atoms with E-state index in [0.29, 0.717) is 17.1 Å². The van der Waals surface area contributed by atoms with Crippen LogP contribution in [-0.2, 0) is 15.0 Å². The van der Waals surface area contributed by atoms with Crippen LogP contribution in [0.25, 0.3) is 0 Å². The first-order chi connectivity index (χ1) is 11.2. The van der Waals surface area contributed by atoms with E-state index in [1.807, 2.05) is 12.1 Å². The number of hydrogen-bond donors (Lipinski definition) is 0. The third-order valence-electron chi connectivity index (χ3n) is 4.94. The minimum absolute atomic E-state index is 0.0238. The van der Waals surface area contributed by atoms with Gasteiger partial charge < -0.3 is 4.90 Å². The van der Waals surface area contributed by atoms with Crippen molar-refractivity contribution in [2.75, 3.05) is 13.6 Å². The summed E-state index contributed by atoms with van der Waals surface area (Å²) in [6.07, 6.45) is 3.45. The highest BCUT2D eigenvalue weighted by Gasteiger charge is 2.56. The van der Waals surface area contributed by atoms with E-state index in [4.69, 9.17) is 11.6 Å². The Morgan fingerprint density at radius 1 is 1.21 bits per heavy atom. The van der Waals surface area contributed by atoms with Gasteiger partial charge in [0.25, 0.3) is 0 Å². The van der Waals surface area contributed by atoms with Crippen molar-refractivity contribution in [3.63, 3.8) is 0 Å². The van der Waals surface area contributed by atoms with Crippen LogP contribution in [0.5, 0.6) is 0 Å². The zero-order valence-electron chi connectivity index (χ0n) is 13.8. The summed E-state index contributed by atoms with van der Waals surface area (Å²) in [5.41, 5.74) is -0.598. The van der Waals surface area contributed by atoms with E-state index in [-0.39, 0.29) is 17.3 Å². The van der Waals surface area contributed by atoms with E-state index in [2.05, 4.69) is 0 Å². The minimum atomic E-state index is -1.14. The highest BCUT2D eigenvalue weighted by Crippen LogP contribution is 2.51. The van der Waals surface area contributed by atoms with Gasteiger partial charge in [-0.15, -0.1) is 0 Å². The average molecular weight is 341 g/mol. The van der Waals surface area contributed by atoms with Gasteiger partial charge in [-0.3, -0.25) is 9.59 Å². The number of nitrogens with zero attached hydrogens (tertiary/aromatic N) is 2. The highest BCUT2D eigenvalue weighted by atomic mass is 35.5. The van der Waals surface area contributed by atoms with Gasteiger partial charge in [-0.05, 0) is 43.2 Å². The number of rotatable bonds is 1. The molecule has 2 aliphatic rings. The van der Waals surface area contributed by atoms with Gasteiger partial charge in [0.2, 0.25) is 5.91 Å². The molecule has 5 heteroatoms. The molecule has 24 heavy (non-hydrogen) atoms. The normalized spacial score (nSPS) is 25.5. The summed E-state index contributed by atoms with van der Waals surface area (Å²) >= 11 is 5.99. The second-order valence-corrected chi connectivity index (χ2v) is 7.18. The maximum atomic E-state index is 13.2. The number of carbonyl (C=O) groups excluding carboxylic acids is 2. The predicted octanol–water partition coefficient (Wildman–Crippen LogP) is 3.04. The zero-order chi connectivity index (χ0) is 17.7. The Kier molecular flexibility index (Phi) is 3.65. The van der Waals surface area contributed by atoms with E-state index < -0.39 is 10.8 Å². The second-order valence-electron chi connectivity index (χ2n) is 6.74. The SMILES string of the molecule is CN1CC=C2C(C)(C)C(=O)C(C#N)=C[C@@]2(c2ccc(Cl)cc2)C1=O. The lowest BCUT2D eigenvalue weighted by Crippen LogP contribution is -2.55. The lowest BCUT2D eigenvalue weighted by molar-refractivity contribution is -0.134. The molecule has 1 atom stereocenters. The average Bonchev–Trinajstić information content (AvgIpc) is 2.55. The molecule has 1 aliphatic heterocycles. The number of carbonyl (C=O) groups is 2. The maximum absolute atomic E-state index is 13.2. The molecule has 1 aliphatic carbocycles. The Morgan fingerprint density at radius 2 is 1.83 bits per heavy atom. The van der Waals surface area contributed by atoms with Gasteiger partial charge >= 0.3 is 0 Å². The fourth-order valence-corrected chi connectivity index (χ4v) is 3.80. The number of fused-ring (bicyclic) bond motifs is 1. The zero-order valence-corrected chi connectivity index (χ0v) is 14.5. The van der Waals surface area contributed by atoms with Crippen LogP contribution in [0.1, 0.15) is 19.4 Å². The summed E-state index contributed by atoms with van der Waals surface area (Å²) in [6.45, 7) is 3.99. The van der Waals surface area contributed by atoms with Crippen molar-refractivity contribution >= 4 is 23.3 Å². The first-order valence-electron chi connectivity index (χ1n) is 7.65. The minimum Gasteiger partial charge on any atom is -0.341 e. The first-order valence-corrected chi connectivity index (χ1v) is 8.03. The topological polar surface area (TPSA) is 61.2 Å². The summed E-state index contributed by atoms with van der Waals surface area (Å²) in [7, 11) is 1.72. The summed E-state index contributed by atoms with van der Waals surface area (Å²) in [6, 6.07) is 8.97. The molecular formula is C19H17ClN2O2. The van der Waals surface area contributed by atoms with Crippen LogP contribution < -0.4 is 0 Å². The van der Waals surface area contributed by atoms with E-state index in [1.165, 1.54) is 6.08 Å². The van der Waals surface area contributed by atoms with Gasteiger partial charge in [-0.2, -0.15) is 5.26 Å². The molecule has 1 aromatic carbocycles. The number of amides is 1. The Balaban J connectivity index is 2.40. The molecule has 4 nitrogen and oxygen atoms in total. The molecule has 0 saturated carbocycles.